The largest absolute Gasteiger partial charge is 0.416 e. The van der Waals surface area contributed by atoms with Gasteiger partial charge in [-0.2, -0.15) is 13.2 Å². The molecular formula is C22H25F6N3O. The smallest absolute Gasteiger partial charge is 0.395 e. The third-order valence-corrected chi connectivity index (χ3v) is 4.85. The molecule has 2 aromatic carbocycles. The molecule has 0 saturated heterocycles. The van der Waals surface area contributed by atoms with Gasteiger partial charge in [0.2, 0.25) is 6.17 Å². The topological polar surface area (TPSA) is 67.2 Å². The Bertz CT molecular complexity index is 902. The lowest BCUT2D eigenvalue weighted by molar-refractivity contribution is -0.137. The Balaban J connectivity index is 2.00. The van der Waals surface area contributed by atoms with Crippen LogP contribution in [0.25, 0.3) is 0 Å². The fourth-order valence-electron chi connectivity index (χ4n) is 2.95. The minimum Gasteiger partial charge on any atom is -0.395 e. The maximum atomic E-state index is 14.5. The Hall–Kier alpha value is -2.91. The highest BCUT2D eigenvalue weighted by atomic mass is 19.4. The van der Waals surface area contributed by atoms with Gasteiger partial charge in [-0.1, -0.05) is 38.3 Å². The zero-order chi connectivity index (χ0) is 23.9. The normalized spacial score (nSPS) is 13.5. The fourth-order valence-corrected chi connectivity index (χ4v) is 2.95. The van der Waals surface area contributed by atoms with Crippen LogP contribution in [0.1, 0.15) is 43.7 Å². The van der Waals surface area contributed by atoms with Crippen molar-refractivity contribution in [3.63, 3.8) is 0 Å². The van der Waals surface area contributed by atoms with Crippen LogP contribution in [0.2, 0.25) is 0 Å². The van der Waals surface area contributed by atoms with E-state index in [0.29, 0.717) is 18.4 Å². The number of nitrogen functional groups attached to an aromatic ring is 1. The SMILES string of the molecule is CCCCC[C@H](F)[C@H](F)C(=O)Nc1ccc(NCc2ccc(C(F)(F)F)cc2)c(F)c1N. The number of hydrogen-bond donors (Lipinski definition) is 3. The molecule has 1 amide bonds. The average Bonchev–Trinajstić information content (AvgIpc) is 2.75. The predicted octanol–water partition coefficient (Wildman–Crippen LogP) is 6.23. The van der Waals surface area contributed by atoms with Crippen LogP contribution in [0.4, 0.5) is 43.4 Å². The third-order valence-electron chi connectivity index (χ3n) is 4.85. The van der Waals surface area contributed by atoms with Gasteiger partial charge < -0.3 is 16.4 Å². The summed E-state index contributed by atoms with van der Waals surface area (Å²) in [4.78, 5) is 11.9. The Morgan fingerprint density at radius 1 is 1.03 bits per heavy atom. The summed E-state index contributed by atoms with van der Waals surface area (Å²) in [5.74, 6) is -2.20. The summed E-state index contributed by atoms with van der Waals surface area (Å²) in [7, 11) is 0. The van der Waals surface area contributed by atoms with E-state index in [1.165, 1.54) is 24.3 Å². The molecule has 10 heteroatoms. The molecule has 0 aliphatic carbocycles. The number of carbonyl (C=O) groups is 1. The number of anilines is 3. The Kier molecular flexibility index (Phi) is 8.80. The van der Waals surface area contributed by atoms with Crippen LogP contribution >= 0.6 is 0 Å². The van der Waals surface area contributed by atoms with Crippen molar-refractivity contribution in [3.8, 4) is 0 Å². The molecule has 176 valence electrons. The van der Waals surface area contributed by atoms with Gasteiger partial charge in [-0.15, -0.1) is 0 Å². The fraction of sp³-hybridized carbons (Fsp3) is 0.409. The molecule has 0 heterocycles. The van der Waals surface area contributed by atoms with Crippen molar-refractivity contribution in [2.24, 2.45) is 0 Å². The number of unbranched alkanes of at least 4 members (excludes halogenated alkanes) is 2. The number of alkyl halides is 5. The highest BCUT2D eigenvalue weighted by molar-refractivity contribution is 5.97. The molecule has 0 saturated carbocycles. The Labute approximate surface area is 182 Å². The highest BCUT2D eigenvalue weighted by Crippen LogP contribution is 2.31. The second kappa shape index (κ2) is 11.1. The first-order valence-corrected chi connectivity index (χ1v) is 10.1. The van der Waals surface area contributed by atoms with Crippen molar-refractivity contribution in [1.29, 1.82) is 0 Å². The maximum Gasteiger partial charge on any atom is 0.416 e. The van der Waals surface area contributed by atoms with E-state index in [1.54, 1.807) is 0 Å². The number of nitrogens with two attached hydrogens (primary N) is 1. The summed E-state index contributed by atoms with van der Waals surface area (Å²) in [6, 6.07) is 6.78. The van der Waals surface area contributed by atoms with Crippen molar-refractivity contribution in [1.82, 2.24) is 0 Å². The molecule has 0 bridgehead atoms. The molecule has 0 spiro atoms. The summed E-state index contributed by atoms with van der Waals surface area (Å²) >= 11 is 0. The molecule has 0 radical (unpaired) electrons. The number of nitrogens with one attached hydrogen (secondary N) is 2. The van der Waals surface area contributed by atoms with E-state index in [4.69, 9.17) is 5.73 Å². The molecule has 4 nitrogen and oxygen atoms in total. The van der Waals surface area contributed by atoms with Crippen LogP contribution in [-0.2, 0) is 17.5 Å². The van der Waals surface area contributed by atoms with Crippen LogP contribution < -0.4 is 16.4 Å². The second-order valence-electron chi connectivity index (χ2n) is 7.34. The zero-order valence-corrected chi connectivity index (χ0v) is 17.4. The molecule has 2 atom stereocenters. The summed E-state index contributed by atoms with van der Waals surface area (Å²) in [6.07, 6.45) is -6.95. The number of halogens is 6. The van der Waals surface area contributed by atoms with Crippen LogP contribution in [-0.4, -0.2) is 18.3 Å². The van der Waals surface area contributed by atoms with Gasteiger partial charge in [-0.3, -0.25) is 4.79 Å². The van der Waals surface area contributed by atoms with Crippen molar-refractivity contribution >= 4 is 23.0 Å². The monoisotopic (exact) mass is 461 g/mol. The zero-order valence-electron chi connectivity index (χ0n) is 17.4. The Morgan fingerprint density at radius 2 is 1.66 bits per heavy atom. The van der Waals surface area contributed by atoms with Crippen LogP contribution in [0.5, 0.6) is 0 Å². The standard InChI is InChI=1S/C22H25F6N3O/c1-2-3-4-5-15(23)18(24)21(32)31-17-11-10-16(19(25)20(17)29)30-12-13-6-8-14(9-7-13)22(26,27)28/h6-11,15,18,30H,2-5,12,29H2,1H3,(H,31,32)/t15-,18-/m0/s1. The first-order valence-electron chi connectivity index (χ1n) is 10.1. The molecular weight excluding hydrogens is 436 g/mol. The highest BCUT2D eigenvalue weighted by Gasteiger charge is 2.30. The minimum absolute atomic E-state index is 0.00798. The van der Waals surface area contributed by atoms with E-state index < -0.39 is 41.5 Å². The van der Waals surface area contributed by atoms with Crippen molar-refractivity contribution in [2.45, 2.75) is 57.7 Å². The summed E-state index contributed by atoms with van der Waals surface area (Å²) in [5.41, 5.74) is 4.57. The molecule has 4 N–H and O–H groups in total. The number of benzene rings is 2. The molecule has 0 aliphatic heterocycles. The van der Waals surface area contributed by atoms with E-state index in [9.17, 15) is 31.1 Å². The molecule has 0 fully saturated rings. The second-order valence-corrected chi connectivity index (χ2v) is 7.34. The third kappa shape index (κ3) is 6.80. The van der Waals surface area contributed by atoms with Gasteiger partial charge in [0.25, 0.3) is 5.91 Å². The van der Waals surface area contributed by atoms with Gasteiger partial charge >= 0.3 is 6.18 Å². The number of rotatable bonds is 10. The number of hydrogen-bond acceptors (Lipinski definition) is 3. The molecule has 0 aliphatic rings. The molecule has 32 heavy (non-hydrogen) atoms. The lowest BCUT2D eigenvalue weighted by Gasteiger charge is -2.16. The van der Waals surface area contributed by atoms with Crippen molar-refractivity contribution < 1.29 is 31.1 Å². The number of amides is 1. The van der Waals surface area contributed by atoms with Gasteiger partial charge in [0.15, 0.2) is 5.82 Å². The molecule has 2 aromatic rings. The lowest BCUT2D eigenvalue weighted by Crippen LogP contribution is -2.32. The quantitative estimate of drug-likeness (QED) is 0.223. The van der Waals surface area contributed by atoms with E-state index in [1.807, 2.05) is 6.92 Å². The van der Waals surface area contributed by atoms with E-state index in [-0.39, 0.29) is 24.3 Å². The number of carbonyl (C=O) groups excluding carboxylic acids is 1. The lowest BCUT2D eigenvalue weighted by atomic mass is 10.1. The first kappa shape index (κ1) is 25.4. The van der Waals surface area contributed by atoms with Gasteiger partial charge in [0.1, 0.15) is 6.17 Å². The van der Waals surface area contributed by atoms with Crippen LogP contribution in [0.15, 0.2) is 36.4 Å². The van der Waals surface area contributed by atoms with Gasteiger partial charge in [0, 0.05) is 6.54 Å². The van der Waals surface area contributed by atoms with E-state index in [0.717, 1.165) is 18.6 Å². The van der Waals surface area contributed by atoms with Gasteiger partial charge in [-0.05, 0) is 36.2 Å². The summed E-state index contributed by atoms with van der Waals surface area (Å²) < 4.78 is 80.2. The average molecular weight is 461 g/mol. The molecule has 0 unspecified atom stereocenters. The summed E-state index contributed by atoms with van der Waals surface area (Å²) in [5, 5.41) is 4.79. The van der Waals surface area contributed by atoms with E-state index >= 15 is 0 Å². The summed E-state index contributed by atoms with van der Waals surface area (Å²) in [6.45, 7) is 1.92. The molecule has 2 rings (SSSR count). The van der Waals surface area contributed by atoms with E-state index in [2.05, 4.69) is 10.6 Å². The van der Waals surface area contributed by atoms with Crippen molar-refractivity contribution in [3.05, 3.63) is 53.3 Å². The van der Waals surface area contributed by atoms with Gasteiger partial charge in [0.05, 0.1) is 22.6 Å². The first-order chi connectivity index (χ1) is 15.0. The van der Waals surface area contributed by atoms with Crippen LogP contribution in [0, 0.1) is 5.82 Å². The molecule has 0 aromatic heterocycles. The predicted molar refractivity (Wildman–Crippen MR) is 112 cm³/mol. The minimum atomic E-state index is -4.46. The van der Waals surface area contributed by atoms with Crippen molar-refractivity contribution in [2.75, 3.05) is 16.4 Å². The Morgan fingerprint density at radius 3 is 2.25 bits per heavy atom. The maximum absolute atomic E-state index is 14.5. The van der Waals surface area contributed by atoms with Gasteiger partial charge in [-0.25, -0.2) is 13.2 Å². The van der Waals surface area contributed by atoms with Crippen LogP contribution in [0.3, 0.4) is 0 Å².